The second-order valence-electron chi connectivity index (χ2n) is 5.40. The normalized spacial score (nSPS) is 23.3. The molecular weight excluding hydrogens is 254 g/mol. The summed E-state index contributed by atoms with van der Waals surface area (Å²) in [5, 5.41) is 13.6. The van der Waals surface area contributed by atoms with Crippen LogP contribution in [0, 0.1) is 18.3 Å². The van der Waals surface area contributed by atoms with Gasteiger partial charge in [-0.25, -0.2) is 0 Å². The highest BCUT2D eigenvalue weighted by Gasteiger charge is 2.20. The standard InChI is InChI=1S/C15H23N3S/c1-11-12(8-14(9-16)18(11)2)10-17-13-4-6-15(19-3)7-5-13/h8,13,15,17H,4-7,10H2,1-3H3. The van der Waals surface area contributed by atoms with Crippen LogP contribution >= 0.6 is 11.8 Å². The van der Waals surface area contributed by atoms with Gasteiger partial charge < -0.3 is 9.88 Å². The number of hydrogen-bond donors (Lipinski definition) is 1. The Morgan fingerprint density at radius 2 is 2.11 bits per heavy atom. The van der Waals surface area contributed by atoms with E-state index in [4.69, 9.17) is 5.26 Å². The molecule has 0 saturated heterocycles. The Bertz CT molecular complexity index is 464. The molecule has 1 fully saturated rings. The lowest BCUT2D eigenvalue weighted by Gasteiger charge is -2.28. The number of hydrogen-bond acceptors (Lipinski definition) is 3. The summed E-state index contributed by atoms with van der Waals surface area (Å²) in [5.74, 6) is 0. The quantitative estimate of drug-likeness (QED) is 0.920. The number of rotatable bonds is 4. The van der Waals surface area contributed by atoms with Crippen LogP contribution in [0.1, 0.15) is 42.6 Å². The Balaban J connectivity index is 1.88. The zero-order valence-corrected chi connectivity index (χ0v) is 12.9. The van der Waals surface area contributed by atoms with Crippen LogP contribution < -0.4 is 5.32 Å². The van der Waals surface area contributed by atoms with Crippen molar-refractivity contribution in [2.45, 2.75) is 50.4 Å². The summed E-state index contributed by atoms with van der Waals surface area (Å²) in [4.78, 5) is 0. The fourth-order valence-corrected chi connectivity index (χ4v) is 3.55. The smallest absolute Gasteiger partial charge is 0.120 e. The number of thioether (sulfide) groups is 1. The van der Waals surface area contributed by atoms with Crippen molar-refractivity contribution in [3.05, 3.63) is 23.0 Å². The van der Waals surface area contributed by atoms with Crippen LogP contribution in [-0.4, -0.2) is 22.1 Å². The summed E-state index contributed by atoms with van der Waals surface area (Å²) in [6, 6.07) is 4.90. The molecule has 3 nitrogen and oxygen atoms in total. The number of nitrogens with zero attached hydrogens (tertiary/aromatic N) is 2. The summed E-state index contributed by atoms with van der Waals surface area (Å²) in [7, 11) is 1.96. The van der Waals surface area contributed by atoms with E-state index in [9.17, 15) is 0 Å². The Labute approximate surface area is 120 Å². The van der Waals surface area contributed by atoms with Gasteiger partial charge in [0, 0.05) is 30.6 Å². The maximum absolute atomic E-state index is 9.04. The van der Waals surface area contributed by atoms with E-state index in [0.29, 0.717) is 6.04 Å². The summed E-state index contributed by atoms with van der Waals surface area (Å²) in [6.07, 6.45) is 7.44. The van der Waals surface area contributed by atoms with Gasteiger partial charge in [0.2, 0.25) is 0 Å². The first-order valence-corrected chi connectivity index (χ1v) is 8.26. The number of nitrogens with one attached hydrogen (secondary N) is 1. The van der Waals surface area contributed by atoms with Crippen molar-refractivity contribution in [2.75, 3.05) is 6.26 Å². The first kappa shape index (κ1) is 14.5. The first-order chi connectivity index (χ1) is 9.15. The third-order valence-corrected chi connectivity index (χ3v) is 5.48. The molecule has 0 radical (unpaired) electrons. The van der Waals surface area contributed by atoms with Crippen LogP contribution in [0.3, 0.4) is 0 Å². The molecule has 1 aliphatic rings. The largest absolute Gasteiger partial charge is 0.340 e. The van der Waals surface area contributed by atoms with Crippen LogP contribution in [0.5, 0.6) is 0 Å². The van der Waals surface area contributed by atoms with E-state index >= 15 is 0 Å². The molecule has 0 aromatic carbocycles. The van der Waals surface area contributed by atoms with Crippen molar-refractivity contribution in [1.82, 2.24) is 9.88 Å². The van der Waals surface area contributed by atoms with Gasteiger partial charge in [-0.05, 0) is 50.5 Å². The summed E-state index contributed by atoms with van der Waals surface area (Å²) < 4.78 is 1.97. The predicted octanol–water partition coefficient (Wildman–Crippen LogP) is 2.97. The summed E-state index contributed by atoms with van der Waals surface area (Å²) in [6.45, 7) is 2.97. The highest BCUT2D eigenvalue weighted by molar-refractivity contribution is 7.99. The second kappa shape index (κ2) is 6.49. The molecule has 0 spiro atoms. The average Bonchev–Trinajstić information content (AvgIpc) is 2.73. The molecule has 1 aromatic rings. The summed E-state index contributed by atoms with van der Waals surface area (Å²) >= 11 is 2.01. The van der Waals surface area contributed by atoms with E-state index in [2.05, 4.69) is 24.6 Å². The first-order valence-electron chi connectivity index (χ1n) is 6.97. The Kier molecular flexibility index (Phi) is 4.95. The Morgan fingerprint density at radius 3 is 2.63 bits per heavy atom. The van der Waals surface area contributed by atoms with E-state index in [0.717, 1.165) is 17.5 Å². The molecule has 1 aromatic heterocycles. The van der Waals surface area contributed by atoms with E-state index < -0.39 is 0 Å². The van der Waals surface area contributed by atoms with Gasteiger partial charge in [0.15, 0.2) is 0 Å². The van der Waals surface area contributed by atoms with E-state index in [1.807, 2.05) is 29.4 Å². The van der Waals surface area contributed by atoms with Crippen molar-refractivity contribution < 1.29 is 0 Å². The van der Waals surface area contributed by atoms with E-state index in [-0.39, 0.29) is 0 Å². The second-order valence-corrected chi connectivity index (χ2v) is 6.54. The molecule has 104 valence electrons. The third kappa shape index (κ3) is 3.34. The topological polar surface area (TPSA) is 40.8 Å². The van der Waals surface area contributed by atoms with Gasteiger partial charge in [-0.15, -0.1) is 0 Å². The minimum Gasteiger partial charge on any atom is -0.340 e. The van der Waals surface area contributed by atoms with Crippen molar-refractivity contribution >= 4 is 11.8 Å². The number of nitriles is 1. The predicted molar refractivity (Wildman–Crippen MR) is 81.3 cm³/mol. The van der Waals surface area contributed by atoms with Crippen LogP contribution in [0.2, 0.25) is 0 Å². The molecule has 1 saturated carbocycles. The van der Waals surface area contributed by atoms with Gasteiger partial charge in [-0.2, -0.15) is 17.0 Å². The molecule has 0 unspecified atom stereocenters. The van der Waals surface area contributed by atoms with Gasteiger partial charge in [-0.3, -0.25) is 0 Å². The highest BCUT2D eigenvalue weighted by Crippen LogP contribution is 2.27. The lowest BCUT2D eigenvalue weighted by Crippen LogP contribution is -2.33. The van der Waals surface area contributed by atoms with Crippen molar-refractivity contribution in [3.63, 3.8) is 0 Å². The minimum absolute atomic E-state index is 0.647. The molecule has 0 aliphatic heterocycles. The minimum atomic E-state index is 0.647. The van der Waals surface area contributed by atoms with Crippen LogP contribution in [0.25, 0.3) is 0 Å². The molecule has 2 rings (SSSR count). The lowest BCUT2D eigenvalue weighted by atomic mass is 9.95. The van der Waals surface area contributed by atoms with Gasteiger partial charge in [0.1, 0.15) is 11.8 Å². The van der Waals surface area contributed by atoms with E-state index in [1.165, 1.54) is 36.9 Å². The monoisotopic (exact) mass is 277 g/mol. The van der Waals surface area contributed by atoms with Gasteiger partial charge in [-0.1, -0.05) is 0 Å². The fourth-order valence-electron chi connectivity index (χ4n) is 2.81. The van der Waals surface area contributed by atoms with Crippen molar-refractivity contribution in [2.24, 2.45) is 7.05 Å². The average molecular weight is 277 g/mol. The molecule has 1 N–H and O–H groups in total. The molecule has 19 heavy (non-hydrogen) atoms. The summed E-state index contributed by atoms with van der Waals surface area (Å²) in [5.41, 5.74) is 3.20. The lowest BCUT2D eigenvalue weighted by molar-refractivity contribution is 0.378. The molecule has 1 aliphatic carbocycles. The van der Waals surface area contributed by atoms with Crippen LogP contribution in [-0.2, 0) is 13.6 Å². The molecule has 1 heterocycles. The highest BCUT2D eigenvalue weighted by atomic mass is 32.2. The van der Waals surface area contributed by atoms with Crippen LogP contribution in [0.15, 0.2) is 6.07 Å². The van der Waals surface area contributed by atoms with Gasteiger partial charge in [0.25, 0.3) is 0 Å². The Hall–Kier alpha value is -0.920. The molecule has 0 bridgehead atoms. The van der Waals surface area contributed by atoms with Crippen molar-refractivity contribution in [1.29, 1.82) is 5.26 Å². The molecular formula is C15H23N3S. The zero-order chi connectivity index (χ0) is 13.8. The van der Waals surface area contributed by atoms with E-state index in [1.54, 1.807) is 0 Å². The fraction of sp³-hybridized carbons (Fsp3) is 0.667. The maximum Gasteiger partial charge on any atom is 0.120 e. The van der Waals surface area contributed by atoms with Gasteiger partial charge >= 0.3 is 0 Å². The zero-order valence-electron chi connectivity index (χ0n) is 12.1. The molecule has 0 atom stereocenters. The van der Waals surface area contributed by atoms with Gasteiger partial charge in [0.05, 0.1) is 0 Å². The molecule has 4 heteroatoms. The van der Waals surface area contributed by atoms with Crippen LogP contribution in [0.4, 0.5) is 0 Å². The third-order valence-electron chi connectivity index (χ3n) is 4.34. The number of aromatic nitrogens is 1. The Morgan fingerprint density at radius 1 is 1.42 bits per heavy atom. The maximum atomic E-state index is 9.04. The SMILES string of the molecule is CSC1CCC(NCc2cc(C#N)n(C)c2C)CC1. The van der Waals surface area contributed by atoms with Crippen molar-refractivity contribution in [3.8, 4) is 6.07 Å². The molecule has 0 amide bonds.